The van der Waals surface area contributed by atoms with Gasteiger partial charge in [-0.3, -0.25) is 15.5 Å². The van der Waals surface area contributed by atoms with Crippen LogP contribution in [0.2, 0.25) is 0 Å². The third kappa shape index (κ3) is 6.66. The number of aryl methyl sites for hydroxylation is 1. The molecule has 2 aromatic carbocycles. The van der Waals surface area contributed by atoms with Crippen molar-refractivity contribution in [2.24, 2.45) is 0 Å². The van der Waals surface area contributed by atoms with Crippen molar-refractivity contribution in [1.82, 2.24) is 20.2 Å². The minimum Gasteiger partial charge on any atom is -0.497 e. The zero-order valence-corrected chi connectivity index (χ0v) is 18.9. The number of benzene rings is 2. The number of methoxy groups -OCH3 is 1. The Bertz CT molecular complexity index is 1050. The van der Waals surface area contributed by atoms with Crippen LogP contribution >= 0.6 is 24.0 Å². The van der Waals surface area contributed by atoms with Crippen LogP contribution in [0.3, 0.4) is 0 Å². The van der Waals surface area contributed by atoms with Gasteiger partial charge in [0.15, 0.2) is 10.9 Å². The van der Waals surface area contributed by atoms with Gasteiger partial charge in [0.05, 0.1) is 7.11 Å². The Balaban J connectivity index is 1.59. The first-order chi connectivity index (χ1) is 15.1. The molecule has 1 amide bonds. The number of nitrogens with zero attached hydrogens (tertiary/aromatic N) is 3. The van der Waals surface area contributed by atoms with Crippen molar-refractivity contribution in [2.75, 3.05) is 12.5 Å². The number of thiocarbonyl (C=S) groups is 1. The highest BCUT2D eigenvalue weighted by Crippen LogP contribution is 2.21. The molecule has 31 heavy (non-hydrogen) atoms. The van der Waals surface area contributed by atoms with Gasteiger partial charge in [-0.25, -0.2) is 4.68 Å². The fraction of sp³-hybridized carbons (Fsp3) is 0.182. The lowest BCUT2D eigenvalue weighted by atomic mass is 10.2. The lowest BCUT2D eigenvalue weighted by Crippen LogP contribution is -2.38. The molecule has 1 heterocycles. The van der Waals surface area contributed by atoms with Crippen LogP contribution in [0.15, 0.2) is 65.8 Å². The molecule has 0 saturated heterocycles. The van der Waals surface area contributed by atoms with Gasteiger partial charge in [0, 0.05) is 18.2 Å². The summed E-state index contributed by atoms with van der Waals surface area (Å²) < 4.78 is 6.84. The van der Waals surface area contributed by atoms with E-state index in [0.717, 1.165) is 22.9 Å². The van der Waals surface area contributed by atoms with Crippen molar-refractivity contribution in [1.29, 1.82) is 0 Å². The summed E-state index contributed by atoms with van der Waals surface area (Å²) in [6.45, 7) is 1.98. The quantitative estimate of drug-likeness (QED) is 0.305. The van der Waals surface area contributed by atoms with E-state index < -0.39 is 0 Å². The standard InChI is InChI=1S/C22H23N5O2S2/c1-3-19-24-25-22(31-15-17-7-5-4-6-8-17)27(19)26-21(30)23-20(28)14-11-16-9-12-18(29-2)13-10-16/h4-14H,3,15H2,1-2H3,(H2,23,26,28,30)/b14-11+. The van der Waals surface area contributed by atoms with Crippen molar-refractivity contribution >= 4 is 41.1 Å². The third-order valence-electron chi connectivity index (χ3n) is 4.22. The van der Waals surface area contributed by atoms with Crippen molar-refractivity contribution in [3.63, 3.8) is 0 Å². The zero-order chi connectivity index (χ0) is 22.1. The van der Waals surface area contributed by atoms with Crippen LogP contribution in [-0.2, 0) is 17.0 Å². The molecule has 2 N–H and O–H groups in total. The summed E-state index contributed by atoms with van der Waals surface area (Å²) in [5, 5.41) is 11.9. The molecule has 0 spiro atoms. The van der Waals surface area contributed by atoms with E-state index in [1.54, 1.807) is 17.9 Å². The van der Waals surface area contributed by atoms with Gasteiger partial charge >= 0.3 is 0 Å². The van der Waals surface area contributed by atoms with Crippen molar-refractivity contribution in [2.45, 2.75) is 24.3 Å². The molecule has 0 fully saturated rings. The molecule has 0 aliphatic carbocycles. The van der Waals surface area contributed by atoms with Crippen LogP contribution in [0.1, 0.15) is 23.9 Å². The Labute approximate surface area is 190 Å². The van der Waals surface area contributed by atoms with Crippen molar-refractivity contribution in [3.05, 3.63) is 77.6 Å². The van der Waals surface area contributed by atoms with Gasteiger partial charge in [-0.1, -0.05) is 61.2 Å². The average Bonchev–Trinajstić information content (AvgIpc) is 3.18. The molecule has 160 valence electrons. The molecule has 1 aromatic heterocycles. The van der Waals surface area contributed by atoms with Crippen LogP contribution in [0.4, 0.5) is 0 Å². The number of carbonyl (C=O) groups is 1. The van der Waals surface area contributed by atoms with Crippen LogP contribution in [0.5, 0.6) is 5.75 Å². The Hall–Kier alpha value is -3.17. The second-order valence-electron chi connectivity index (χ2n) is 6.40. The second kappa shape index (κ2) is 11.3. The number of aromatic nitrogens is 3. The number of hydrogen-bond acceptors (Lipinski definition) is 6. The Morgan fingerprint density at radius 3 is 2.58 bits per heavy atom. The number of hydrogen-bond donors (Lipinski definition) is 2. The molecule has 0 bridgehead atoms. The molecule has 0 aliphatic rings. The first kappa shape index (κ1) is 22.5. The number of nitrogens with one attached hydrogen (secondary N) is 2. The summed E-state index contributed by atoms with van der Waals surface area (Å²) in [6.07, 6.45) is 3.79. The predicted molar refractivity (Wildman–Crippen MR) is 128 cm³/mol. The highest BCUT2D eigenvalue weighted by atomic mass is 32.2. The number of thioether (sulfide) groups is 1. The molecule has 0 unspecified atom stereocenters. The zero-order valence-electron chi connectivity index (χ0n) is 17.2. The summed E-state index contributed by atoms with van der Waals surface area (Å²) in [7, 11) is 1.61. The first-order valence-electron chi connectivity index (χ1n) is 9.64. The number of amides is 1. The molecule has 0 atom stereocenters. The molecular formula is C22H23N5O2S2. The summed E-state index contributed by atoms with van der Waals surface area (Å²) >= 11 is 6.85. The Kier molecular flexibility index (Phi) is 8.19. The summed E-state index contributed by atoms with van der Waals surface area (Å²) in [5.74, 6) is 1.89. The van der Waals surface area contributed by atoms with E-state index in [9.17, 15) is 4.79 Å². The van der Waals surface area contributed by atoms with E-state index in [1.165, 1.54) is 23.4 Å². The van der Waals surface area contributed by atoms with Crippen LogP contribution in [0, 0.1) is 0 Å². The van der Waals surface area contributed by atoms with E-state index in [0.29, 0.717) is 11.6 Å². The number of rotatable bonds is 8. The molecule has 9 heteroatoms. The van der Waals surface area contributed by atoms with Gasteiger partial charge in [-0.15, -0.1) is 10.2 Å². The van der Waals surface area contributed by atoms with Gasteiger partial charge in [0.25, 0.3) is 0 Å². The SMILES string of the molecule is CCc1nnc(SCc2ccccc2)n1NC(=S)NC(=O)/C=C/c1ccc(OC)cc1. The predicted octanol–water partition coefficient (Wildman–Crippen LogP) is 3.80. The third-order valence-corrected chi connectivity index (χ3v) is 5.41. The van der Waals surface area contributed by atoms with Gasteiger partial charge in [-0.2, -0.15) is 0 Å². The summed E-state index contributed by atoms with van der Waals surface area (Å²) in [4.78, 5) is 12.2. The van der Waals surface area contributed by atoms with Gasteiger partial charge in [0.1, 0.15) is 5.75 Å². The molecular weight excluding hydrogens is 430 g/mol. The maximum Gasteiger partial charge on any atom is 0.250 e. The molecule has 3 aromatic rings. The maximum atomic E-state index is 12.2. The summed E-state index contributed by atoms with van der Waals surface area (Å²) in [6, 6.07) is 17.5. The molecule has 7 nitrogen and oxygen atoms in total. The summed E-state index contributed by atoms with van der Waals surface area (Å²) in [5.41, 5.74) is 5.07. The van der Waals surface area contributed by atoms with E-state index in [4.69, 9.17) is 17.0 Å². The number of carbonyl (C=O) groups excluding carboxylic acids is 1. The normalized spacial score (nSPS) is 10.8. The van der Waals surface area contributed by atoms with Crippen LogP contribution in [0.25, 0.3) is 6.08 Å². The number of ether oxygens (including phenoxy) is 1. The Morgan fingerprint density at radius 1 is 1.16 bits per heavy atom. The maximum absolute atomic E-state index is 12.2. The monoisotopic (exact) mass is 453 g/mol. The van der Waals surface area contributed by atoms with Gasteiger partial charge in [-0.05, 0) is 41.6 Å². The fourth-order valence-electron chi connectivity index (χ4n) is 2.63. The van der Waals surface area contributed by atoms with Crippen molar-refractivity contribution < 1.29 is 9.53 Å². The van der Waals surface area contributed by atoms with Crippen LogP contribution in [-0.4, -0.2) is 33.0 Å². The molecule has 0 radical (unpaired) electrons. The van der Waals surface area contributed by atoms with Gasteiger partial charge in [0.2, 0.25) is 11.1 Å². The van der Waals surface area contributed by atoms with E-state index in [-0.39, 0.29) is 11.0 Å². The Morgan fingerprint density at radius 2 is 1.90 bits per heavy atom. The van der Waals surface area contributed by atoms with Crippen molar-refractivity contribution in [3.8, 4) is 5.75 Å². The van der Waals surface area contributed by atoms with Gasteiger partial charge < -0.3 is 4.74 Å². The first-order valence-corrected chi connectivity index (χ1v) is 11.0. The smallest absolute Gasteiger partial charge is 0.250 e. The largest absolute Gasteiger partial charge is 0.497 e. The van der Waals surface area contributed by atoms with E-state index >= 15 is 0 Å². The van der Waals surface area contributed by atoms with E-state index in [2.05, 4.69) is 33.1 Å². The molecule has 3 rings (SSSR count). The average molecular weight is 454 g/mol. The fourth-order valence-corrected chi connectivity index (χ4v) is 3.69. The second-order valence-corrected chi connectivity index (χ2v) is 7.75. The topological polar surface area (TPSA) is 81.1 Å². The lowest BCUT2D eigenvalue weighted by Gasteiger charge is -2.13. The lowest BCUT2D eigenvalue weighted by molar-refractivity contribution is -0.115. The minimum absolute atomic E-state index is 0.167. The molecule has 0 saturated carbocycles. The highest BCUT2D eigenvalue weighted by molar-refractivity contribution is 7.98. The minimum atomic E-state index is -0.335. The van der Waals surface area contributed by atoms with E-state index in [1.807, 2.05) is 49.4 Å². The highest BCUT2D eigenvalue weighted by Gasteiger charge is 2.13. The van der Waals surface area contributed by atoms with Crippen LogP contribution < -0.4 is 15.5 Å². The molecule has 0 aliphatic heterocycles.